The van der Waals surface area contributed by atoms with Gasteiger partial charge in [0.2, 0.25) is 0 Å². The van der Waals surface area contributed by atoms with E-state index in [9.17, 15) is 27.7 Å². The largest absolute Gasteiger partial charge is 0.416 e. The van der Waals surface area contributed by atoms with Crippen molar-refractivity contribution in [2.45, 2.75) is 11.1 Å². The van der Waals surface area contributed by atoms with E-state index in [-0.39, 0.29) is 6.07 Å². The van der Waals surface area contributed by atoms with Gasteiger partial charge in [0.05, 0.1) is 9.13 Å². The van der Waals surface area contributed by atoms with Crippen LogP contribution >= 0.6 is 19.8 Å². The fraction of sp³-hybridized carbons (Fsp3) is 0.143. The third kappa shape index (κ3) is 3.35. The zero-order valence-corrected chi connectivity index (χ0v) is 10.7. The first-order chi connectivity index (χ1) is 7.53. The molecule has 1 aromatic rings. The summed E-state index contributed by atoms with van der Waals surface area (Å²) in [5, 5.41) is 0. The smallest absolute Gasteiger partial charge is 0.282 e. The van der Waals surface area contributed by atoms with Gasteiger partial charge in [-0.2, -0.15) is 21.6 Å². The Balaban J connectivity index is 3.63. The van der Waals surface area contributed by atoms with Gasteiger partial charge in [-0.3, -0.25) is 4.55 Å². The molecule has 0 fully saturated rings. The normalized spacial score (nSPS) is 13.0. The molecule has 1 aromatic carbocycles. The van der Waals surface area contributed by atoms with Crippen molar-refractivity contribution in [1.29, 1.82) is 0 Å². The Bertz CT molecular complexity index is 609. The van der Waals surface area contributed by atoms with Crippen molar-refractivity contribution < 1.29 is 32.3 Å². The van der Waals surface area contributed by atoms with Gasteiger partial charge in [0.1, 0.15) is 4.90 Å². The zero-order chi connectivity index (χ0) is 13.4. The lowest BCUT2D eigenvalue weighted by Crippen LogP contribution is -2.09. The first-order valence-corrected chi connectivity index (χ1v) is 8.05. The molecule has 10 heteroatoms. The van der Waals surface area contributed by atoms with E-state index in [0.717, 1.165) is 0 Å². The fourth-order valence-electron chi connectivity index (χ4n) is 1.00. The van der Waals surface area contributed by atoms with Gasteiger partial charge in [-0.15, -0.1) is 0 Å². The summed E-state index contributed by atoms with van der Waals surface area (Å²) in [5.41, 5.74) is -1.36. The highest BCUT2D eigenvalue weighted by Gasteiger charge is 2.33. The lowest BCUT2D eigenvalue weighted by atomic mass is 10.2. The van der Waals surface area contributed by atoms with Gasteiger partial charge in [-0.05, 0) is 18.2 Å². The zero-order valence-electron chi connectivity index (χ0n) is 7.73. The molecule has 0 aliphatic rings. The third-order valence-electron chi connectivity index (χ3n) is 1.70. The van der Waals surface area contributed by atoms with Crippen LogP contribution in [0.15, 0.2) is 23.1 Å². The molecule has 0 atom stereocenters. The van der Waals surface area contributed by atoms with E-state index in [0.29, 0.717) is 12.1 Å². The summed E-state index contributed by atoms with van der Waals surface area (Å²) in [6.45, 7) is 0. The van der Waals surface area contributed by atoms with E-state index >= 15 is 0 Å². The predicted molar refractivity (Wildman–Crippen MR) is 55.3 cm³/mol. The van der Waals surface area contributed by atoms with Crippen LogP contribution in [0.4, 0.5) is 13.2 Å². The van der Waals surface area contributed by atoms with E-state index in [1.54, 1.807) is 0 Å². The van der Waals surface area contributed by atoms with Gasteiger partial charge < -0.3 is 0 Å². The van der Waals surface area contributed by atoms with E-state index in [1.807, 2.05) is 0 Å². The van der Waals surface area contributed by atoms with Gasteiger partial charge >= 0.3 is 26.0 Å². The molecule has 0 unspecified atom stereocenters. The van der Waals surface area contributed by atoms with Crippen molar-refractivity contribution in [1.82, 2.24) is 0 Å². The predicted octanol–water partition coefficient (Wildman–Crippen LogP) is 2.32. The van der Waals surface area contributed by atoms with Crippen molar-refractivity contribution in [3.63, 3.8) is 0 Å². The van der Waals surface area contributed by atoms with Crippen LogP contribution in [0.1, 0.15) is 5.56 Å². The second-order valence-electron chi connectivity index (χ2n) is 2.84. The van der Waals surface area contributed by atoms with Crippen molar-refractivity contribution >= 4 is 29.9 Å². The molecule has 0 aliphatic heterocycles. The molecule has 0 heterocycles. The molecule has 0 bridgehead atoms. The second-order valence-corrected chi connectivity index (χ2v) is 6.63. The molecule has 0 spiro atoms. The first kappa shape index (κ1) is 14.3. The van der Waals surface area contributed by atoms with Crippen LogP contribution in [0, 0.1) is 3.57 Å². The minimum absolute atomic E-state index is 0.0882. The van der Waals surface area contributed by atoms with Crippen molar-refractivity contribution in [2.24, 2.45) is 0 Å². The van der Waals surface area contributed by atoms with E-state index in [2.05, 4.69) is 0 Å². The molecule has 0 amide bonds. The average Bonchev–Trinajstić information content (AvgIpc) is 2.14. The monoisotopic (exact) mass is 384 g/mol. The Kier molecular flexibility index (Phi) is 3.78. The lowest BCUT2D eigenvalue weighted by molar-refractivity contribution is -0.137. The lowest BCUT2D eigenvalue weighted by Gasteiger charge is -2.08. The summed E-state index contributed by atoms with van der Waals surface area (Å²) < 4.78 is 87.6. The summed E-state index contributed by atoms with van der Waals surface area (Å²) >= 11 is -4.32. The van der Waals surface area contributed by atoms with Crippen molar-refractivity contribution in [2.75, 3.05) is 0 Å². The molecule has 0 aliphatic carbocycles. The Morgan fingerprint density at radius 3 is 2.06 bits per heavy atom. The summed E-state index contributed by atoms with van der Waals surface area (Å²) in [5.74, 6) is 0. The van der Waals surface area contributed by atoms with Gasteiger partial charge in [-0.25, -0.2) is 6.14 Å². The highest BCUT2D eigenvalue weighted by molar-refractivity contribution is 14.2. The Hall–Kier alpha value is -0.750. The first-order valence-electron chi connectivity index (χ1n) is 3.77. The van der Waals surface area contributed by atoms with Crippen LogP contribution in [0.3, 0.4) is 0 Å². The van der Waals surface area contributed by atoms with Crippen LogP contribution in [0.25, 0.3) is 0 Å². The van der Waals surface area contributed by atoms with Crippen LogP contribution < -0.4 is 0 Å². The molecular weight excluding hydrogens is 380 g/mol. The topological polar surface area (TPSA) is 88.5 Å². The van der Waals surface area contributed by atoms with Gasteiger partial charge in [0.25, 0.3) is 10.1 Å². The highest BCUT2D eigenvalue weighted by atomic mass is 127. The second kappa shape index (κ2) is 4.49. The molecule has 17 heavy (non-hydrogen) atoms. The summed E-state index contributed by atoms with van der Waals surface area (Å²) in [7, 11) is -5.02. The standard InChI is InChI=1S/C7H4F3IO5S/c8-7(9,10)4-1-2-5(11(12)13)6(3-4)17(14,15)16/h1-3H,(H,14,15,16). The van der Waals surface area contributed by atoms with Gasteiger partial charge in [-0.1, -0.05) is 0 Å². The Morgan fingerprint density at radius 1 is 1.18 bits per heavy atom. The Labute approximate surface area is 101 Å². The fourth-order valence-corrected chi connectivity index (χ4v) is 3.92. The molecule has 1 N–H and O–H groups in total. The summed E-state index contributed by atoms with van der Waals surface area (Å²) in [6.07, 6.45) is -4.83. The molecule has 1 rings (SSSR count). The molecule has 5 nitrogen and oxygen atoms in total. The molecule has 0 radical (unpaired) electrons. The minimum atomic E-state index is -5.02. The maximum Gasteiger partial charge on any atom is 0.416 e. The number of alkyl halides is 3. The summed E-state index contributed by atoms with van der Waals surface area (Å²) in [4.78, 5) is -1.25. The van der Waals surface area contributed by atoms with Crippen molar-refractivity contribution in [3.05, 3.63) is 27.3 Å². The van der Waals surface area contributed by atoms with Crippen molar-refractivity contribution in [3.8, 4) is 0 Å². The number of halogens is 4. The van der Waals surface area contributed by atoms with E-state index < -0.39 is 50.1 Å². The quantitative estimate of drug-likeness (QED) is 0.625. The van der Waals surface area contributed by atoms with Crippen LogP contribution in [0.2, 0.25) is 0 Å². The summed E-state index contributed by atoms with van der Waals surface area (Å²) in [6, 6.07) is 1.03. The van der Waals surface area contributed by atoms with Crippen LogP contribution in [-0.4, -0.2) is 13.0 Å². The maximum atomic E-state index is 12.3. The molecular formula is C7H4F3IO5S. The maximum absolute atomic E-state index is 12.3. The average molecular weight is 384 g/mol. The van der Waals surface area contributed by atoms with Crippen LogP contribution in [-0.2, 0) is 22.4 Å². The van der Waals surface area contributed by atoms with E-state index in [1.165, 1.54) is 0 Å². The number of hydrogen-bond acceptors (Lipinski definition) is 4. The minimum Gasteiger partial charge on any atom is -0.282 e. The molecule has 96 valence electrons. The third-order valence-corrected chi connectivity index (χ3v) is 4.85. The van der Waals surface area contributed by atoms with Crippen LogP contribution in [0.5, 0.6) is 0 Å². The SMILES string of the molecule is O=I(=O)c1ccc(C(F)(F)F)cc1S(=O)(=O)O. The number of rotatable bonds is 2. The van der Waals surface area contributed by atoms with Gasteiger partial charge in [0, 0.05) is 0 Å². The Morgan fingerprint density at radius 2 is 1.71 bits per heavy atom. The highest BCUT2D eigenvalue weighted by Crippen LogP contribution is 2.34. The molecule has 0 saturated heterocycles. The molecule has 0 saturated carbocycles. The van der Waals surface area contributed by atoms with E-state index in [4.69, 9.17) is 4.55 Å². The number of hydrogen-bond donors (Lipinski definition) is 1. The number of benzene rings is 1. The molecule has 0 aromatic heterocycles. The van der Waals surface area contributed by atoms with Gasteiger partial charge in [0.15, 0.2) is 0 Å².